The first-order valence-electron chi connectivity index (χ1n) is 5.66. The van der Waals surface area contributed by atoms with Crippen molar-refractivity contribution in [3.63, 3.8) is 0 Å². The quantitative estimate of drug-likeness (QED) is 0.647. The molecular formula is C10H17NO6S. The molecule has 0 radical (unpaired) electrons. The number of carboxylic acids is 1. The minimum atomic E-state index is -3.67. The summed E-state index contributed by atoms with van der Waals surface area (Å²) in [5.74, 6) is -2.26. The van der Waals surface area contributed by atoms with Gasteiger partial charge in [0.15, 0.2) is 0 Å². The lowest BCUT2D eigenvalue weighted by Gasteiger charge is -2.18. The smallest absolute Gasteiger partial charge is 0.310 e. The Hall–Kier alpha value is -1.15. The standard InChI is InChI=1S/C10H17NO6S/c1-17-10(14)7-3-2-4-8(7)18(15,16)11-6-5-9(12)13/h7-8,11H,2-6H2,1H3,(H,12,13). The Morgan fingerprint density at radius 1 is 1.39 bits per heavy atom. The molecule has 0 heterocycles. The van der Waals surface area contributed by atoms with Gasteiger partial charge in [0.25, 0.3) is 0 Å². The van der Waals surface area contributed by atoms with Crippen LogP contribution in [-0.2, 0) is 24.3 Å². The molecule has 0 spiro atoms. The number of rotatable bonds is 6. The van der Waals surface area contributed by atoms with E-state index in [1.165, 1.54) is 7.11 Å². The van der Waals surface area contributed by atoms with Gasteiger partial charge in [-0.1, -0.05) is 6.42 Å². The number of carbonyl (C=O) groups is 2. The highest BCUT2D eigenvalue weighted by atomic mass is 32.2. The van der Waals surface area contributed by atoms with E-state index >= 15 is 0 Å². The number of hydrogen-bond acceptors (Lipinski definition) is 5. The van der Waals surface area contributed by atoms with Gasteiger partial charge in [-0.15, -0.1) is 0 Å². The van der Waals surface area contributed by atoms with Crippen molar-refractivity contribution >= 4 is 22.0 Å². The number of sulfonamides is 1. The highest BCUT2D eigenvalue weighted by Gasteiger charge is 2.41. The maximum absolute atomic E-state index is 11.9. The molecule has 1 fully saturated rings. The zero-order valence-electron chi connectivity index (χ0n) is 10.1. The Kier molecular flexibility index (Phi) is 5.09. The molecule has 18 heavy (non-hydrogen) atoms. The van der Waals surface area contributed by atoms with Crippen LogP contribution in [0.4, 0.5) is 0 Å². The van der Waals surface area contributed by atoms with Gasteiger partial charge in [-0.3, -0.25) is 9.59 Å². The van der Waals surface area contributed by atoms with Crippen LogP contribution in [0, 0.1) is 5.92 Å². The number of carboxylic acid groups (broad SMARTS) is 1. The molecule has 104 valence electrons. The summed E-state index contributed by atoms with van der Waals surface area (Å²) in [6, 6.07) is 0. The van der Waals surface area contributed by atoms with E-state index < -0.39 is 33.1 Å². The number of nitrogens with one attached hydrogen (secondary N) is 1. The SMILES string of the molecule is COC(=O)C1CCCC1S(=O)(=O)NCCC(=O)O. The van der Waals surface area contributed by atoms with Crippen LogP contribution in [0.1, 0.15) is 25.7 Å². The summed E-state index contributed by atoms with van der Waals surface area (Å²) < 4.78 is 30.7. The second-order valence-corrected chi connectivity index (χ2v) is 6.17. The fourth-order valence-corrected chi connectivity index (χ4v) is 3.88. The van der Waals surface area contributed by atoms with Crippen LogP contribution >= 0.6 is 0 Å². The lowest BCUT2D eigenvalue weighted by molar-refractivity contribution is -0.145. The Morgan fingerprint density at radius 2 is 2.06 bits per heavy atom. The van der Waals surface area contributed by atoms with Gasteiger partial charge in [0.1, 0.15) is 0 Å². The van der Waals surface area contributed by atoms with E-state index in [1.807, 2.05) is 0 Å². The molecule has 0 aliphatic heterocycles. The van der Waals surface area contributed by atoms with Crippen LogP contribution in [0.15, 0.2) is 0 Å². The topological polar surface area (TPSA) is 110 Å². The molecule has 1 aliphatic rings. The largest absolute Gasteiger partial charge is 0.481 e. The molecular weight excluding hydrogens is 262 g/mol. The monoisotopic (exact) mass is 279 g/mol. The van der Waals surface area contributed by atoms with Crippen molar-refractivity contribution < 1.29 is 27.9 Å². The van der Waals surface area contributed by atoms with Crippen molar-refractivity contribution in [3.05, 3.63) is 0 Å². The maximum Gasteiger partial charge on any atom is 0.310 e. The average Bonchev–Trinajstić information content (AvgIpc) is 2.76. The zero-order chi connectivity index (χ0) is 13.8. The summed E-state index contributed by atoms with van der Waals surface area (Å²) in [5.41, 5.74) is 0. The molecule has 8 heteroatoms. The van der Waals surface area contributed by atoms with Crippen LogP contribution < -0.4 is 4.72 Å². The van der Waals surface area contributed by atoms with Crippen LogP contribution in [0.25, 0.3) is 0 Å². The van der Waals surface area contributed by atoms with E-state index in [0.717, 1.165) is 0 Å². The zero-order valence-corrected chi connectivity index (χ0v) is 10.9. The molecule has 1 rings (SSSR count). The lowest BCUT2D eigenvalue weighted by Crippen LogP contribution is -2.40. The third-order valence-corrected chi connectivity index (χ3v) is 4.97. The Labute approximate surface area is 106 Å². The Balaban J connectivity index is 2.66. The van der Waals surface area contributed by atoms with Crippen LogP contribution in [0.5, 0.6) is 0 Å². The summed E-state index contributed by atoms with van der Waals surface area (Å²) >= 11 is 0. The first kappa shape index (κ1) is 14.9. The molecule has 7 nitrogen and oxygen atoms in total. The molecule has 1 aliphatic carbocycles. The number of aliphatic carboxylic acids is 1. The predicted octanol–water partition coefficient (Wildman–Crippen LogP) is -0.278. The van der Waals surface area contributed by atoms with E-state index in [2.05, 4.69) is 9.46 Å². The van der Waals surface area contributed by atoms with Crippen LogP contribution in [0.2, 0.25) is 0 Å². The van der Waals surface area contributed by atoms with Gasteiger partial charge in [0.2, 0.25) is 10.0 Å². The number of esters is 1. The van der Waals surface area contributed by atoms with Crippen molar-refractivity contribution in [2.45, 2.75) is 30.9 Å². The van der Waals surface area contributed by atoms with Gasteiger partial charge < -0.3 is 9.84 Å². The fourth-order valence-electron chi connectivity index (χ4n) is 2.13. The first-order valence-corrected chi connectivity index (χ1v) is 7.21. The second kappa shape index (κ2) is 6.14. The van der Waals surface area contributed by atoms with Gasteiger partial charge >= 0.3 is 11.9 Å². The van der Waals surface area contributed by atoms with Gasteiger partial charge in [-0.05, 0) is 12.8 Å². The van der Waals surface area contributed by atoms with E-state index in [4.69, 9.17) is 5.11 Å². The third-order valence-electron chi connectivity index (χ3n) is 3.00. The summed E-state index contributed by atoms with van der Waals surface area (Å²) in [6.45, 7) is -0.165. The molecule has 0 aromatic heterocycles. The van der Waals surface area contributed by atoms with Crippen LogP contribution in [-0.4, -0.2) is 44.4 Å². The molecule has 2 N–H and O–H groups in total. The number of carbonyl (C=O) groups excluding carboxylic acids is 1. The summed E-state index contributed by atoms with van der Waals surface area (Å²) in [6.07, 6.45) is 1.23. The van der Waals surface area contributed by atoms with Gasteiger partial charge in [-0.2, -0.15) is 0 Å². The normalized spacial score (nSPS) is 23.8. The van der Waals surface area contributed by atoms with E-state index in [-0.39, 0.29) is 13.0 Å². The van der Waals surface area contributed by atoms with E-state index in [1.54, 1.807) is 0 Å². The van der Waals surface area contributed by atoms with Crippen molar-refractivity contribution in [2.75, 3.05) is 13.7 Å². The predicted molar refractivity (Wildman–Crippen MR) is 62.3 cm³/mol. The Morgan fingerprint density at radius 3 is 2.61 bits per heavy atom. The van der Waals surface area contributed by atoms with Gasteiger partial charge in [0.05, 0.1) is 24.7 Å². The van der Waals surface area contributed by atoms with E-state index in [0.29, 0.717) is 19.3 Å². The minimum Gasteiger partial charge on any atom is -0.481 e. The molecule has 2 atom stereocenters. The molecule has 2 unspecified atom stereocenters. The number of hydrogen-bond donors (Lipinski definition) is 2. The molecule has 0 aromatic carbocycles. The first-order chi connectivity index (χ1) is 8.38. The lowest BCUT2D eigenvalue weighted by atomic mass is 10.1. The average molecular weight is 279 g/mol. The van der Waals surface area contributed by atoms with Crippen LogP contribution in [0.3, 0.4) is 0 Å². The third kappa shape index (κ3) is 3.67. The maximum atomic E-state index is 11.9. The fraction of sp³-hybridized carbons (Fsp3) is 0.800. The number of ether oxygens (including phenoxy) is 1. The van der Waals surface area contributed by atoms with Crippen molar-refractivity contribution in [3.8, 4) is 0 Å². The molecule has 1 saturated carbocycles. The second-order valence-electron chi connectivity index (χ2n) is 4.18. The van der Waals surface area contributed by atoms with Crippen molar-refractivity contribution in [2.24, 2.45) is 5.92 Å². The summed E-state index contributed by atoms with van der Waals surface area (Å²) in [4.78, 5) is 21.8. The minimum absolute atomic E-state index is 0.165. The molecule has 0 amide bonds. The highest BCUT2D eigenvalue weighted by Crippen LogP contribution is 2.31. The number of methoxy groups -OCH3 is 1. The molecule has 0 bridgehead atoms. The Bertz CT molecular complexity index is 418. The summed E-state index contributed by atoms with van der Waals surface area (Å²) in [5, 5.41) is 7.62. The van der Waals surface area contributed by atoms with E-state index in [9.17, 15) is 18.0 Å². The van der Waals surface area contributed by atoms with Crippen molar-refractivity contribution in [1.29, 1.82) is 0 Å². The molecule has 0 saturated heterocycles. The van der Waals surface area contributed by atoms with Crippen molar-refractivity contribution in [1.82, 2.24) is 4.72 Å². The summed E-state index contributed by atoms with van der Waals surface area (Å²) in [7, 11) is -2.45. The van der Waals surface area contributed by atoms with Gasteiger partial charge in [0, 0.05) is 6.54 Å². The molecule has 0 aromatic rings. The van der Waals surface area contributed by atoms with Gasteiger partial charge in [-0.25, -0.2) is 13.1 Å². The highest BCUT2D eigenvalue weighted by molar-refractivity contribution is 7.90.